The van der Waals surface area contributed by atoms with Crippen molar-refractivity contribution in [3.63, 3.8) is 0 Å². The molecule has 6 heteroatoms. The first kappa shape index (κ1) is 21.7. The van der Waals surface area contributed by atoms with E-state index < -0.39 is 11.8 Å². The van der Waals surface area contributed by atoms with Crippen molar-refractivity contribution >= 4 is 40.4 Å². The van der Waals surface area contributed by atoms with Crippen molar-refractivity contribution in [2.45, 2.75) is 26.9 Å². The van der Waals surface area contributed by atoms with Crippen LogP contribution in [0.3, 0.4) is 0 Å². The number of ether oxygens (including phenoxy) is 1. The predicted octanol–water partition coefficient (Wildman–Crippen LogP) is 5.83. The number of benzene rings is 3. The van der Waals surface area contributed by atoms with Gasteiger partial charge in [0.2, 0.25) is 0 Å². The Labute approximate surface area is 192 Å². The molecular formula is C26H23ClN2O3. The number of amides is 2. The van der Waals surface area contributed by atoms with Gasteiger partial charge in [-0.15, -0.1) is 0 Å². The van der Waals surface area contributed by atoms with Gasteiger partial charge < -0.3 is 10.1 Å². The number of aryl methyl sites for hydroxylation is 1. The molecule has 1 aliphatic heterocycles. The molecule has 0 fully saturated rings. The fraction of sp³-hybridized carbons (Fsp3) is 0.154. The summed E-state index contributed by atoms with van der Waals surface area (Å²) < 4.78 is 5.88. The lowest BCUT2D eigenvalue weighted by molar-refractivity contribution is -0.120. The van der Waals surface area contributed by atoms with E-state index in [0.29, 0.717) is 33.3 Å². The van der Waals surface area contributed by atoms with Crippen molar-refractivity contribution in [3.05, 3.63) is 94.6 Å². The Kier molecular flexibility index (Phi) is 6.01. The van der Waals surface area contributed by atoms with E-state index in [0.717, 1.165) is 10.5 Å². The van der Waals surface area contributed by atoms with Crippen LogP contribution < -0.4 is 15.0 Å². The zero-order valence-corrected chi connectivity index (χ0v) is 18.8. The normalized spacial score (nSPS) is 13.8. The van der Waals surface area contributed by atoms with Gasteiger partial charge in [0.05, 0.1) is 17.4 Å². The summed E-state index contributed by atoms with van der Waals surface area (Å²) in [7, 11) is 0. The number of halogens is 1. The van der Waals surface area contributed by atoms with Crippen LogP contribution in [-0.2, 0) is 9.59 Å². The number of nitrogens with one attached hydrogen (secondary N) is 1. The summed E-state index contributed by atoms with van der Waals surface area (Å²) in [5, 5.41) is 3.71. The van der Waals surface area contributed by atoms with Crippen LogP contribution >= 0.6 is 11.6 Å². The number of imide groups is 1. The third-order valence-electron chi connectivity index (χ3n) is 5.06. The minimum Gasteiger partial charge on any atom is -0.489 e. The van der Waals surface area contributed by atoms with E-state index in [1.54, 1.807) is 24.3 Å². The average molecular weight is 447 g/mol. The van der Waals surface area contributed by atoms with Crippen molar-refractivity contribution < 1.29 is 14.3 Å². The number of carbonyl (C=O) groups excluding carboxylic acids is 2. The lowest BCUT2D eigenvalue weighted by Gasteiger charge is -2.20. The maximum Gasteiger partial charge on any atom is 0.282 e. The predicted molar refractivity (Wildman–Crippen MR) is 128 cm³/mol. The topological polar surface area (TPSA) is 58.6 Å². The van der Waals surface area contributed by atoms with Crippen molar-refractivity contribution in [2.24, 2.45) is 0 Å². The zero-order valence-electron chi connectivity index (χ0n) is 18.1. The molecule has 0 aliphatic carbocycles. The van der Waals surface area contributed by atoms with Gasteiger partial charge >= 0.3 is 0 Å². The largest absolute Gasteiger partial charge is 0.489 e. The second kappa shape index (κ2) is 8.89. The fourth-order valence-corrected chi connectivity index (χ4v) is 3.73. The molecule has 0 atom stereocenters. The van der Waals surface area contributed by atoms with Gasteiger partial charge in [-0.3, -0.25) is 9.59 Å². The molecule has 2 amide bonds. The van der Waals surface area contributed by atoms with E-state index in [2.05, 4.69) is 5.32 Å². The summed E-state index contributed by atoms with van der Waals surface area (Å²) in [4.78, 5) is 28.4. The Morgan fingerprint density at radius 2 is 1.59 bits per heavy atom. The molecule has 3 aromatic rings. The van der Waals surface area contributed by atoms with Gasteiger partial charge in [-0.05, 0) is 56.2 Å². The first-order valence-corrected chi connectivity index (χ1v) is 10.7. The van der Waals surface area contributed by atoms with Gasteiger partial charge in [0.25, 0.3) is 11.8 Å². The molecule has 0 unspecified atom stereocenters. The summed E-state index contributed by atoms with van der Waals surface area (Å²) >= 11 is 6.28. The molecule has 4 rings (SSSR count). The van der Waals surface area contributed by atoms with Crippen LogP contribution in [0.25, 0.3) is 5.57 Å². The molecule has 0 aromatic heterocycles. The Hall–Kier alpha value is -3.57. The highest BCUT2D eigenvalue weighted by Gasteiger charge is 2.41. The Morgan fingerprint density at radius 3 is 2.28 bits per heavy atom. The number of hydrogen-bond acceptors (Lipinski definition) is 4. The third kappa shape index (κ3) is 4.12. The Morgan fingerprint density at radius 1 is 0.906 bits per heavy atom. The highest BCUT2D eigenvalue weighted by Crippen LogP contribution is 2.38. The molecule has 0 saturated carbocycles. The third-order valence-corrected chi connectivity index (χ3v) is 5.46. The highest BCUT2D eigenvalue weighted by molar-refractivity contribution is 6.46. The van der Waals surface area contributed by atoms with Crippen LogP contribution in [0.5, 0.6) is 5.75 Å². The molecular weight excluding hydrogens is 424 g/mol. The Bertz CT molecular complexity index is 1220. The van der Waals surface area contributed by atoms with Crippen LogP contribution in [0.15, 0.2) is 78.5 Å². The molecule has 162 valence electrons. The van der Waals surface area contributed by atoms with Crippen LogP contribution in [0.1, 0.15) is 25.0 Å². The van der Waals surface area contributed by atoms with Gasteiger partial charge in [-0.25, -0.2) is 4.90 Å². The molecule has 1 heterocycles. The zero-order chi connectivity index (χ0) is 22.8. The van der Waals surface area contributed by atoms with Crippen LogP contribution in [0.4, 0.5) is 11.4 Å². The van der Waals surface area contributed by atoms with Crippen LogP contribution in [-0.4, -0.2) is 17.9 Å². The fourth-order valence-electron chi connectivity index (χ4n) is 3.55. The smallest absolute Gasteiger partial charge is 0.282 e. The van der Waals surface area contributed by atoms with E-state index in [1.807, 2.05) is 69.3 Å². The molecule has 1 N–H and O–H groups in total. The first-order chi connectivity index (χ1) is 15.4. The number of rotatable bonds is 6. The molecule has 32 heavy (non-hydrogen) atoms. The van der Waals surface area contributed by atoms with Crippen molar-refractivity contribution in [2.75, 3.05) is 10.2 Å². The van der Waals surface area contributed by atoms with E-state index in [9.17, 15) is 9.59 Å². The molecule has 3 aromatic carbocycles. The van der Waals surface area contributed by atoms with Crippen LogP contribution in [0.2, 0.25) is 5.02 Å². The first-order valence-electron chi connectivity index (χ1n) is 10.3. The molecule has 0 radical (unpaired) electrons. The minimum absolute atomic E-state index is 0.113. The summed E-state index contributed by atoms with van der Waals surface area (Å²) in [6.45, 7) is 5.69. The van der Waals surface area contributed by atoms with E-state index >= 15 is 0 Å². The van der Waals surface area contributed by atoms with Gasteiger partial charge in [0.15, 0.2) is 0 Å². The van der Waals surface area contributed by atoms with Gasteiger partial charge in [-0.2, -0.15) is 0 Å². The summed E-state index contributed by atoms with van der Waals surface area (Å²) in [6.07, 6.45) is -0.113. The number of nitrogens with zero attached hydrogens (tertiary/aromatic N) is 1. The van der Waals surface area contributed by atoms with Gasteiger partial charge in [0, 0.05) is 10.7 Å². The maximum atomic E-state index is 13.6. The second-order valence-electron chi connectivity index (χ2n) is 7.79. The summed E-state index contributed by atoms with van der Waals surface area (Å²) in [6, 6.07) is 21.6. The number of para-hydroxylation sites is 2. The molecule has 5 nitrogen and oxygen atoms in total. The van der Waals surface area contributed by atoms with Crippen molar-refractivity contribution in [3.8, 4) is 5.75 Å². The lowest BCUT2D eigenvalue weighted by Crippen LogP contribution is -2.33. The Balaban J connectivity index is 1.82. The van der Waals surface area contributed by atoms with E-state index in [-0.39, 0.29) is 11.8 Å². The maximum absolute atomic E-state index is 13.6. The number of hydrogen-bond donors (Lipinski definition) is 1. The molecule has 1 aliphatic rings. The number of anilines is 2. The summed E-state index contributed by atoms with van der Waals surface area (Å²) in [5.41, 5.74) is 3.09. The average Bonchev–Trinajstić information content (AvgIpc) is 3.01. The number of carbonyl (C=O) groups is 2. The highest BCUT2D eigenvalue weighted by atomic mass is 35.5. The lowest BCUT2D eigenvalue weighted by atomic mass is 10.0. The van der Waals surface area contributed by atoms with Gasteiger partial charge in [-0.1, -0.05) is 60.1 Å². The van der Waals surface area contributed by atoms with Crippen LogP contribution in [0, 0.1) is 6.92 Å². The SMILES string of the molecule is Cc1ccc(NC2=C(c3ccccc3)C(=O)N(c3ccccc3OC(C)C)C2=O)cc1Cl. The van der Waals surface area contributed by atoms with Crippen molar-refractivity contribution in [1.82, 2.24) is 0 Å². The molecule has 0 saturated heterocycles. The van der Waals surface area contributed by atoms with E-state index in [4.69, 9.17) is 16.3 Å². The van der Waals surface area contributed by atoms with E-state index in [1.165, 1.54) is 0 Å². The molecule has 0 spiro atoms. The molecule has 0 bridgehead atoms. The summed E-state index contributed by atoms with van der Waals surface area (Å²) in [5.74, 6) is -0.400. The second-order valence-corrected chi connectivity index (χ2v) is 8.19. The van der Waals surface area contributed by atoms with Gasteiger partial charge in [0.1, 0.15) is 11.4 Å². The quantitative estimate of drug-likeness (QED) is 0.484. The minimum atomic E-state index is -0.453. The standard InChI is InChI=1S/C26H23ClN2O3/c1-16(2)32-22-12-8-7-11-21(22)29-25(30)23(18-9-5-4-6-10-18)24(26(29)31)28-19-14-13-17(3)20(27)15-19/h4-16,28H,1-3H3. The van der Waals surface area contributed by atoms with Crippen molar-refractivity contribution in [1.29, 1.82) is 0 Å². The monoisotopic (exact) mass is 446 g/mol.